The number of ether oxygens (including phenoxy) is 1. The van der Waals surface area contributed by atoms with Crippen LogP contribution in [-0.2, 0) is 4.79 Å². The Morgan fingerprint density at radius 2 is 1.48 bits per heavy atom. The second-order valence-corrected chi connectivity index (χ2v) is 5.98. The third-order valence-electron chi connectivity index (χ3n) is 3.99. The molecule has 126 valence electrons. The number of rotatable bonds is 6. The first-order valence-electron chi connectivity index (χ1n) is 8.39. The molecule has 0 unspecified atom stereocenters. The normalized spacial score (nSPS) is 11.6. The van der Waals surface area contributed by atoms with Gasteiger partial charge in [0, 0.05) is 6.42 Å². The Balaban J connectivity index is 1.67. The van der Waals surface area contributed by atoms with E-state index in [4.69, 9.17) is 4.74 Å². The predicted octanol–water partition coefficient (Wildman–Crippen LogP) is 5.61. The molecule has 0 aromatic heterocycles. The van der Waals surface area contributed by atoms with Gasteiger partial charge in [0.05, 0.1) is 5.69 Å². The molecule has 1 N–H and O–H groups in total. The number of carbonyl (C=O) groups excluding carboxylic acids is 1. The zero-order valence-corrected chi connectivity index (χ0v) is 14.2. The number of benzene rings is 3. The van der Waals surface area contributed by atoms with Crippen LogP contribution in [0.15, 0.2) is 84.9 Å². The van der Waals surface area contributed by atoms with Gasteiger partial charge in [-0.15, -0.1) is 0 Å². The fourth-order valence-corrected chi connectivity index (χ4v) is 2.65. The van der Waals surface area contributed by atoms with E-state index >= 15 is 0 Å². The first kappa shape index (κ1) is 16.8. The molecule has 0 saturated carbocycles. The quantitative estimate of drug-likeness (QED) is 0.637. The van der Waals surface area contributed by atoms with Crippen LogP contribution in [-0.4, -0.2) is 5.91 Å². The van der Waals surface area contributed by atoms with Crippen LogP contribution in [0.3, 0.4) is 0 Å². The fourth-order valence-electron chi connectivity index (χ4n) is 2.65. The summed E-state index contributed by atoms with van der Waals surface area (Å²) in [6, 6.07) is 27.1. The van der Waals surface area contributed by atoms with Gasteiger partial charge in [-0.05, 0) is 35.7 Å². The SMILES string of the molecule is C[C@@H](CC(=O)Nc1ccccc1Oc1ccccc1)c1ccccc1. The van der Waals surface area contributed by atoms with E-state index in [-0.39, 0.29) is 11.8 Å². The molecular weight excluding hydrogens is 310 g/mol. The van der Waals surface area contributed by atoms with E-state index in [1.807, 2.05) is 84.9 Å². The molecule has 0 bridgehead atoms. The maximum absolute atomic E-state index is 12.4. The third kappa shape index (κ3) is 4.70. The van der Waals surface area contributed by atoms with Crippen LogP contribution in [0.4, 0.5) is 5.69 Å². The van der Waals surface area contributed by atoms with Crippen molar-refractivity contribution in [3.05, 3.63) is 90.5 Å². The lowest BCUT2D eigenvalue weighted by Gasteiger charge is -2.14. The first-order valence-corrected chi connectivity index (χ1v) is 8.39. The topological polar surface area (TPSA) is 38.3 Å². The van der Waals surface area contributed by atoms with Gasteiger partial charge in [-0.3, -0.25) is 4.79 Å². The van der Waals surface area contributed by atoms with Crippen LogP contribution >= 0.6 is 0 Å². The van der Waals surface area contributed by atoms with E-state index < -0.39 is 0 Å². The second-order valence-electron chi connectivity index (χ2n) is 5.98. The van der Waals surface area contributed by atoms with E-state index in [2.05, 4.69) is 12.2 Å². The van der Waals surface area contributed by atoms with Gasteiger partial charge in [0.2, 0.25) is 5.91 Å². The Labute approximate surface area is 148 Å². The van der Waals surface area contributed by atoms with Crippen LogP contribution in [0.25, 0.3) is 0 Å². The van der Waals surface area contributed by atoms with E-state index in [1.165, 1.54) is 0 Å². The number of anilines is 1. The highest BCUT2D eigenvalue weighted by Crippen LogP contribution is 2.29. The summed E-state index contributed by atoms with van der Waals surface area (Å²) in [7, 11) is 0. The van der Waals surface area contributed by atoms with Gasteiger partial charge in [-0.25, -0.2) is 0 Å². The summed E-state index contributed by atoms with van der Waals surface area (Å²) in [6.07, 6.45) is 0.420. The Kier molecular flexibility index (Phi) is 5.47. The molecule has 1 atom stereocenters. The molecule has 0 fully saturated rings. The number of hydrogen-bond acceptors (Lipinski definition) is 2. The lowest BCUT2D eigenvalue weighted by Crippen LogP contribution is -2.14. The zero-order valence-electron chi connectivity index (χ0n) is 14.2. The minimum Gasteiger partial charge on any atom is -0.455 e. The van der Waals surface area contributed by atoms with Gasteiger partial charge in [0.15, 0.2) is 5.75 Å². The van der Waals surface area contributed by atoms with Crippen molar-refractivity contribution < 1.29 is 9.53 Å². The molecule has 0 spiro atoms. The van der Waals surface area contributed by atoms with Crippen LogP contribution in [0, 0.1) is 0 Å². The lowest BCUT2D eigenvalue weighted by atomic mass is 9.97. The molecule has 3 aromatic carbocycles. The van der Waals surface area contributed by atoms with Crippen LogP contribution in [0.1, 0.15) is 24.8 Å². The van der Waals surface area contributed by atoms with Gasteiger partial charge in [-0.2, -0.15) is 0 Å². The van der Waals surface area contributed by atoms with Crippen molar-refractivity contribution in [3.8, 4) is 11.5 Å². The van der Waals surface area contributed by atoms with Crippen LogP contribution < -0.4 is 10.1 Å². The number of para-hydroxylation sites is 3. The molecule has 0 aliphatic carbocycles. The highest BCUT2D eigenvalue weighted by atomic mass is 16.5. The standard InChI is InChI=1S/C22H21NO2/c1-17(18-10-4-2-5-11-18)16-22(24)23-20-14-8-9-15-21(20)25-19-12-6-3-7-13-19/h2-15,17H,16H2,1H3,(H,23,24)/t17-/m0/s1. The Morgan fingerprint density at radius 1 is 0.880 bits per heavy atom. The second kappa shape index (κ2) is 8.15. The number of carbonyl (C=O) groups is 1. The average Bonchev–Trinajstić information content (AvgIpc) is 2.65. The molecule has 0 radical (unpaired) electrons. The first-order chi connectivity index (χ1) is 12.2. The Bertz CT molecular complexity index is 816. The average molecular weight is 331 g/mol. The predicted molar refractivity (Wildman–Crippen MR) is 101 cm³/mol. The van der Waals surface area contributed by atoms with Crippen molar-refractivity contribution in [2.75, 3.05) is 5.32 Å². The van der Waals surface area contributed by atoms with Crippen molar-refractivity contribution >= 4 is 11.6 Å². The number of amides is 1. The van der Waals surface area contributed by atoms with Crippen molar-refractivity contribution in [1.82, 2.24) is 0 Å². The van der Waals surface area contributed by atoms with E-state index in [0.29, 0.717) is 17.9 Å². The smallest absolute Gasteiger partial charge is 0.225 e. The summed E-state index contributed by atoms with van der Waals surface area (Å²) >= 11 is 0. The number of hydrogen-bond donors (Lipinski definition) is 1. The van der Waals surface area contributed by atoms with E-state index in [9.17, 15) is 4.79 Å². The summed E-state index contributed by atoms with van der Waals surface area (Å²) in [4.78, 5) is 12.4. The molecule has 3 heteroatoms. The van der Waals surface area contributed by atoms with Gasteiger partial charge in [0.25, 0.3) is 0 Å². The minimum atomic E-state index is -0.0273. The van der Waals surface area contributed by atoms with Crippen molar-refractivity contribution in [2.45, 2.75) is 19.3 Å². The molecule has 0 aliphatic rings. The highest BCUT2D eigenvalue weighted by molar-refractivity contribution is 5.92. The molecule has 3 aromatic rings. The zero-order chi connectivity index (χ0) is 17.5. The van der Waals surface area contributed by atoms with E-state index in [1.54, 1.807) is 0 Å². The molecule has 1 amide bonds. The highest BCUT2D eigenvalue weighted by Gasteiger charge is 2.13. The molecule has 0 aliphatic heterocycles. The van der Waals surface area contributed by atoms with Gasteiger partial charge >= 0.3 is 0 Å². The lowest BCUT2D eigenvalue weighted by molar-refractivity contribution is -0.116. The van der Waals surface area contributed by atoms with Crippen molar-refractivity contribution in [2.24, 2.45) is 0 Å². The molecule has 3 nitrogen and oxygen atoms in total. The monoisotopic (exact) mass is 331 g/mol. The maximum atomic E-state index is 12.4. The minimum absolute atomic E-state index is 0.0273. The molecule has 3 rings (SSSR count). The summed E-state index contributed by atoms with van der Waals surface area (Å²) in [5.41, 5.74) is 1.84. The molecule has 0 saturated heterocycles. The molecule has 0 heterocycles. The summed E-state index contributed by atoms with van der Waals surface area (Å²) in [5, 5.41) is 2.97. The van der Waals surface area contributed by atoms with Gasteiger partial charge in [-0.1, -0.05) is 67.6 Å². The van der Waals surface area contributed by atoms with Crippen molar-refractivity contribution in [1.29, 1.82) is 0 Å². The molecule has 25 heavy (non-hydrogen) atoms. The number of nitrogens with one attached hydrogen (secondary N) is 1. The molecular formula is C22H21NO2. The Hall–Kier alpha value is -3.07. The van der Waals surface area contributed by atoms with Crippen LogP contribution in [0.2, 0.25) is 0 Å². The Morgan fingerprint density at radius 3 is 2.20 bits per heavy atom. The summed E-state index contributed by atoms with van der Waals surface area (Å²) in [5.74, 6) is 1.50. The summed E-state index contributed by atoms with van der Waals surface area (Å²) < 4.78 is 5.89. The van der Waals surface area contributed by atoms with Gasteiger partial charge < -0.3 is 10.1 Å². The van der Waals surface area contributed by atoms with Gasteiger partial charge in [0.1, 0.15) is 5.75 Å². The fraction of sp³-hybridized carbons (Fsp3) is 0.136. The largest absolute Gasteiger partial charge is 0.455 e. The summed E-state index contributed by atoms with van der Waals surface area (Å²) in [6.45, 7) is 2.06. The van der Waals surface area contributed by atoms with E-state index in [0.717, 1.165) is 11.3 Å². The van der Waals surface area contributed by atoms with Crippen LogP contribution in [0.5, 0.6) is 11.5 Å². The maximum Gasteiger partial charge on any atom is 0.225 e. The third-order valence-corrected chi connectivity index (χ3v) is 3.99. The van der Waals surface area contributed by atoms with Crippen molar-refractivity contribution in [3.63, 3.8) is 0 Å².